The number of carbonyl (C=O) groups is 1. The first kappa shape index (κ1) is 42.8. The van der Waals surface area contributed by atoms with Gasteiger partial charge in [0, 0.05) is 0 Å². The highest BCUT2D eigenvalue weighted by molar-refractivity contribution is 7.85. The average Bonchev–Trinajstić information content (AvgIpc) is 2.98. The van der Waals surface area contributed by atoms with Gasteiger partial charge in [-0.15, -0.1) is 0 Å². The Hall–Kier alpha value is -1.22. The monoisotopic (exact) mass is 643 g/mol. The zero-order chi connectivity index (χ0) is 32.7. The number of rotatable bonds is 32. The first-order chi connectivity index (χ1) is 21.2. The summed E-state index contributed by atoms with van der Waals surface area (Å²) >= 11 is 0. The largest absolute Gasteiger partial charge is 0.387 e. The van der Waals surface area contributed by atoms with Gasteiger partial charge < -0.3 is 15.5 Å². The van der Waals surface area contributed by atoms with Crippen molar-refractivity contribution >= 4 is 16.0 Å². The first-order valence-electron chi connectivity index (χ1n) is 18.1. The maximum Gasteiger partial charge on any atom is 0.267 e. The summed E-state index contributed by atoms with van der Waals surface area (Å²) in [5.41, 5.74) is 0. The molecule has 0 aliphatic carbocycles. The quantitative estimate of drug-likeness (QED) is 0.0329. The van der Waals surface area contributed by atoms with Crippen LogP contribution in [0.15, 0.2) is 24.3 Å². The maximum atomic E-state index is 12.5. The number of unbranched alkanes of at least 4 members (excludes halogenated alkanes) is 21. The minimum atomic E-state index is -4.44. The molecule has 0 aliphatic heterocycles. The number of carbonyl (C=O) groups excluding carboxylic acids is 1. The Bertz CT molecular complexity index is 813. The fourth-order valence-corrected chi connectivity index (χ4v) is 6.15. The van der Waals surface area contributed by atoms with E-state index < -0.39 is 40.0 Å². The molecule has 3 unspecified atom stereocenters. The second-order valence-corrected chi connectivity index (χ2v) is 14.1. The molecular formula is C36H69NO6S. The number of aliphatic hydroxyl groups excluding tert-OH is 2. The van der Waals surface area contributed by atoms with Crippen LogP contribution in [0, 0.1) is 0 Å². The fourth-order valence-electron chi connectivity index (χ4n) is 5.41. The SMILES string of the molecule is CCCCCCCCCCCCC/C=C/CC/C=C/C(O)C(CS(=O)(=O)O)NC(=O)C(O)CCCCCCCCCCCC. The van der Waals surface area contributed by atoms with Crippen molar-refractivity contribution in [3.8, 4) is 0 Å². The van der Waals surface area contributed by atoms with E-state index in [1.54, 1.807) is 6.08 Å². The molecule has 0 saturated heterocycles. The number of amides is 1. The summed E-state index contributed by atoms with van der Waals surface area (Å²) in [5.74, 6) is -1.55. The normalized spacial score (nSPS) is 14.4. The first-order valence-corrected chi connectivity index (χ1v) is 19.8. The molecule has 0 bridgehead atoms. The number of nitrogens with one attached hydrogen (secondary N) is 1. The Balaban J connectivity index is 4.16. The molecule has 0 spiro atoms. The standard InChI is InChI=1S/C36H69NO6S/c1-3-5-7-9-11-13-15-16-17-18-19-20-21-23-24-26-28-30-34(38)33(32-44(41,42)43)37-36(40)35(39)31-29-27-25-22-14-12-10-8-6-4-2/h21,23,28,30,33-35,38-39H,3-20,22,24-27,29,31-32H2,1-2H3,(H,37,40)(H,41,42,43)/b23-21+,30-28+. The molecular weight excluding hydrogens is 574 g/mol. The zero-order valence-electron chi connectivity index (χ0n) is 28.4. The molecule has 3 atom stereocenters. The summed E-state index contributed by atoms with van der Waals surface area (Å²) in [6.07, 6.45) is 33.8. The average molecular weight is 644 g/mol. The fraction of sp³-hybridized carbons (Fsp3) is 0.861. The van der Waals surface area contributed by atoms with Crippen molar-refractivity contribution in [3.63, 3.8) is 0 Å². The molecule has 260 valence electrons. The van der Waals surface area contributed by atoms with Gasteiger partial charge in [0.05, 0.1) is 17.9 Å². The van der Waals surface area contributed by atoms with Crippen LogP contribution in [0.25, 0.3) is 0 Å². The lowest BCUT2D eigenvalue weighted by molar-refractivity contribution is -0.130. The van der Waals surface area contributed by atoms with E-state index in [0.29, 0.717) is 12.8 Å². The molecule has 44 heavy (non-hydrogen) atoms. The van der Waals surface area contributed by atoms with Crippen molar-refractivity contribution in [2.75, 3.05) is 5.75 Å². The predicted octanol–water partition coefficient (Wildman–Crippen LogP) is 8.99. The minimum Gasteiger partial charge on any atom is -0.387 e. The molecule has 4 N–H and O–H groups in total. The third kappa shape index (κ3) is 29.5. The molecule has 0 saturated carbocycles. The van der Waals surface area contributed by atoms with Crippen LogP contribution in [-0.2, 0) is 14.9 Å². The molecule has 0 aromatic carbocycles. The lowest BCUT2D eigenvalue weighted by Crippen LogP contribution is -2.50. The van der Waals surface area contributed by atoms with E-state index in [1.165, 1.54) is 115 Å². The van der Waals surface area contributed by atoms with Crippen LogP contribution in [0.1, 0.15) is 174 Å². The minimum absolute atomic E-state index is 0.276. The predicted molar refractivity (Wildman–Crippen MR) is 185 cm³/mol. The van der Waals surface area contributed by atoms with Crippen LogP contribution < -0.4 is 5.32 Å². The lowest BCUT2D eigenvalue weighted by atomic mass is 10.0. The van der Waals surface area contributed by atoms with Gasteiger partial charge in [0.15, 0.2) is 0 Å². The van der Waals surface area contributed by atoms with Crippen molar-refractivity contribution in [3.05, 3.63) is 24.3 Å². The van der Waals surface area contributed by atoms with Crippen molar-refractivity contribution < 1.29 is 28.0 Å². The Labute approximate surface area is 271 Å². The highest BCUT2D eigenvalue weighted by Crippen LogP contribution is 2.14. The second kappa shape index (κ2) is 30.4. The van der Waals surface area contributed by atoms with Gasteiger partial charge in [0.25, 0.3) is 10.1 Å². The number of aliphatic hydroxyl groups is 2. The van der Waals surface area contributed by atoms with E-state index in [0.717, 1.165) is 32.1 Å². The highest BCUT2D eigenvalue weighted by Gasteiger charge is 2.27. The van der Waals surface area contributed by atoms with E-state index >= 15 is 0 Å². The molecule has 0 aliphatic rings. The van der Waals surface area contributed by atoms with Crippen molar-refractivity contribution in [1.29, 1.82) is 0 Å². The van der Waals surface area contributed by atoms with Crippen LogP contribution in [0.4, 0.5) is 0 Å². The summed E-state index contributed by atoms with van der Waals surface area (Å²) in [4.78, 5) is 12.5. The van der Waals surface area contributed by atoms with Gasteiger partial charge in [0.1, 0.15) is 6.10 Å². The van der Waals surface area contributed by atoms with Crippen LogP contribution in [0.5, 0.6) is 0 Å². The molecule has 8 heteroatoms. The summed E-state index contributed by atoms with van der Waals surface area (Å²) in [7, 11) is -4.44. The molecule has 0 aromatic heterocycles. The van der Waals surface area contributed by atoms with Crippen molar-refractivity contribution in [1.82, 2.24) is 5.32 Å². The number of allylic oxidation sites excluding steroid dienone is 3. The molecule has 0 radical (unpaired) electrons. The van der Waals surface area contributed by atoms with Gasteiger partial charge in [-0.05, 0) is 32.1 Å². The van der Waals surface area contributed by atoms with E-state index in [1.807, 2.05) is 0 Å². The van der Waals surface area contributed by atoms with Crippen LogP contribution in [-0.4, -0.2) is 53.1 Å². The van der Waals surface area contributed by atoms with Gasteiger partial charge >= 0.3 is 0 Å². The lowest BCUT2D eigenvalue weighted by Gasteiger charge is -2.22. The Morgan fingerprint density at radius 2 is 1.02 bits per heavy atom. The molecule has 7 nitrogen and oxygen atoms in total. The van der Waals surface area contributed by atoms with Crippen molar-refractivity contribution in [2.24, 2.45) is 0 Å². The molecule has 0 heterocycles. The molecule has 0 aromatic rings. The van der Waals surface area contributed by atoms with Crippen molar-refractivity contribution in [2.45, 2.75) is 193 Å². The summed E-state index contributed by atoms with van der Waals surface area (Å²) < 4.78 is 32.3. The number of hydrogen-bond acceptors (Lipinski definition) is 5. The Kier molecular flexibility index (Phi) is 29.6. The third-order valence-electron chi connectivity index (χ3n) is 8.24. The van der Waals surface area contributed by atoms with Crippen LogP contribution in [0.2, 0.25) is 0 Å². The summed E-state index contributed by atoms with van der Waals surface area (Å²) in [6.45, 7) is 4.47. The second-order valence-electron chi connectivity index (χ2n) is 12.6. The topological polar surface area (TPSA) is 124 Å². The van der Waals surface area contributed by atoms with E-state index in [2.05, 4.69) is 31.3 Å². The zero-order valence-corrected chi connectivity index (χ0v) is 29.2. The Morgan fingerprint density at radius 3 is 1.50 bits per heavy atom. The van der Waals surface area contributed by atoms with Gasteiger partial charge in [-0.1, -0.05) is 167 Å². The van der Waals surface area contributed by atoms with E-state index in [-0.39, 0.29) is 6.42 Å². The molecule has 0 fully saturated rings. The maximum absolute atomic E-state index is 12.5. The van der Waals surface area contributed by atoms with Gasteiger partial charge in [-0.25, -0.2) is 0 Å². The highest BCUT2D eigenvalue weighted by atomic mass is 32.2. The molecule has 1 amide bonds. The number of hydrogen-bond donors (Lipinski definition) is 4. The van der Waals surface area contributed by atoms with E-state index in [9.17, 15) is 28.0 Å². The summed E-state index contributed by atoms with van der Waals surface area (Å²) in [5, 5.41) is 23.2. The van der Waals surface area contributed by atoms with Gasteiger partial charge in [-0.2, -0.15) is 8.42 Å². The third-order valence-corrected chi connectivity index (χ3v) is 9.02. The Morgan fingerprint density at radius 1 is 0.614 bits per heavy atom. The van der Waals surface area contributed by atoms with E-state index in [4.69, 9.17) is 0 Å². The van der Waals surface area contributed by atoms with Crippen LogP contribution >= 0.6 is 0 Å². The van der Waals surface area contributed by atoms with Gasteiger partial charge in [0.2, 0.25) is 5.91 Å². The van der Waals surface area contributed by atoms with Gasteiger partial charge in [-0.3, -0.25) is 9.35 Å². The molecule has 0 rings (SSSR count). The summed E-state index contributed by atoms with van der Waals surface area (Å²) in [6, 6.07) is -1.24. The smallest absolute Gasteiger partial charge is 0.267 e. The van der Waals surface area contributed by atoms with Crippen LogP contribution in [0.3, 0.4) is 0 Å².